The van der Waals surface area contributed by atoms with Crippen molar-refractivity contribution < 1.29 is 19.0 Å². The average molecular weight is 270 g/mol. The van der Waals surface area contributed by atoms with E-state index in [9.17, 15) is 4.79 Å². The summed E-state index contributed by atoms with van der Waals surface area (Å²) >= 11 is 0. The summed E-state index contributed by atoms with van der Waals surface area (Å²) in [7, 11) is 1.53. The maximum Gasteiger partial charge on any atom is 0.308 e. The molecule has 0 unspecified atom stereocenters. The van der Waals surface area contributed by atoms with Gasteiger partial charge in [0, 0.05) is 31.0 Å². The van der Waals surface area contributed by atoms with Crippen molar-refractivity contribution in [3.63, 3.8) is 0 Å². The van der Waals surface area contributed by atoms with Crippen LogP contribution >= 0.6 is 0 Å². The zero-order chi connectivity index (χ0) is 14.5. The predicted octanol–water partition coefficient (Wildman–Crippen LogP) is 2.73. The molecule has 0 saturated carbocycles. The molecule has 0 fully saturated rings. The molecule has 0 atom stereocenters. The Kier molecular flexibility index (Phi) is 4.24. The summed E-state index contributed by atoms with van der Waals surface area (Å²) in [6, 6.07) is 8.97. The van der Waals surface area contributed by atoms with Crippen molar-refractivity contribution in [2.45, 2.75) is 6.92 Å². The topological polar surface area (TPSA) is 44.8 Å². The average Bonchev–Trinajstić information content (AvgIpc) is 2.43. The number of terminal acetylenes is 1. The van der Waals surface area contributed by atoms with Gasteiger partial charge in [0.1, 0.15) is 11.5 Å². The van der Waals surface area contributed by atoms with Gasteiger partial charge in [-0.05, 0) is 17.5 Å². The lowest BCUT2D eigenvalue weighted by atomic mass is 10.0. The molecule has 0 aliphatic heterocycles. The Balaban J connectivity index is 2.62. The van der Waals surface area contributed by atoms with Gasteiger partial charge in [-0.2, -0.15) is 0 Å². The number of fused-ring (bicyclic) bond motifs is 1. The minimum absolute atomic E-state index is 0.111. The van der Waals surface area contributed by atoms with E-state index in [1.54, 1.807) is 12.1 Å². The first-order valence-electron chi connectivity index (χ1n) is 5.99. The van der Waals surface area contributed by atoms with Crippen molar-refractivity contribution >= 4 is 16.7 Å². The highest BCUT2D eigenvalue weighted by Gasteiger charge is 2.11. The maximum atomic E-state index is 11.2. The van der Waals surface area contributed by atoms with E-state index in [1.165, 1.54) is 14.0 Å². The lowest BCUT2D eigenvalue weighted by Gasteiger charge is -2.12. The summed E-state index contributed by atoms with van der Waals surface area (Å²) in [6.07, 6.45) is 5.49. The van der Waals surface area contributed by atoms with E-state index in [4.69, 9.17) is 20.6 Å². The highest BCUT2D eigenvalue weighted by Crippen LogP contribution is 2.33. The fourth-order valence-corrected chi connectivity index (χ4v) is 1.93. The Bertz CT molecular complexity index is 683. The molecule has 2 aromatic carbocycles. The number of benzene rings is 2. The van der Waals surface area contributed by atoms with Gasteiger partial charge in [-0.25, -0.2) is 0 Å². The summed E-state index contributed by atoms with van der Waals surface area (Å²) in [5, 5.41) is 1.56. The molecule has 0 amide bonds. The van der Waals surface area contributed by atoms with Crippen LogP contribution in [0.4, 0.5) is 0 Å². The Hall–Kier alpha value is -2.51. The van der Waals surface area contributed by atoms with Gasteiger partial charge in [0.25, 0.3) is 0 Å². The van der Waals surface area contributed by atoms with Crippen LogP contribution in [0.3, 0.4) is 0 Å². The number of ether oxygens (including phenoxy) is 3. The summed E-state index contributed by atoms with van der Waals surface area (Å²) in [5.41, 5.74) is 0.664. The molecule has 0 spiro atoms. The number of esters is 1. The first-order chi connectivity index (χ1) is 9.65. The van der Waals surface area contributed by atoms with Crippen molar-refractivity contribution in [3.05, 3.63) is 35.9 Å². The summed E-state index contributed by atoms with van der Waals surface area (Å²) in [5.74, 6) is 3.10. The zero-order valence-corrected chi connectivity index (χ0v) is 11.3. The van der Waals surface area contributed by atoms with Crippen LogP contribution in [0.1, 0.15) is 12.5 Å². The lowest BCUT2D eigenvalue weighted by molar-refractivity contribution is -0.131. The largest absolute Gasteiger partial charge is 0.467 e. The molecule has 0 heterocycles. The highest BCUT2D eigenvalue weighted by atomic mass is 16.7. The number of hydrogen-bond donors (Lipinski definition) is 0. The van der Waals surface area contributed by atoms with Crippen LogP contribution in [-0.4, -0.2) is 19.9 Å². The van der Waals surface area contributed by atoms with Crippen molar-refractivity contribution in [2.75, 3.05) is 13.9 Å². The van der Waals surface area contributed by atoms with E-state index < -0.39 is 5.97 Å². The predicted molar refractivity (Wildman–Crippen MR) is 75.7 cm³/mol. The Morgan fingerprint density at radius 2 is 2.15 bits per heavy atom. The maximum absolute atomic E-state index is 11.2. The number of methoxy groups -OCH3 is 1. The van der Waals surface area contributed by atoms with Gasteiger partial charge in [0.2, 0.25) is 0 Å². The minimum Gasteiger partial charge on any atom is -0.467 e. The van der Waals surface area contributed by atoms with Crippen LogP contribution in [0.15, 0.2) is 30.3 Å². The second-order valence-corrected chi connectivity index (χ2v) is 4.11. The number of carbonyl (C=O) groups is 1. The van der Waals surface area contributed by atoms with Gasteiger partial charge in [-0.15, -0.1) is 6.42 Å². The normalized spacial score (nSPS) is 10.1. The van der Waals surface area contributed by atoms with Crippen molar-refractivity contribution in [1.82, 2.24) is 0 Å². The first kappa shape index (κ1) is 13.9. The molecule has 0 bridgehead atoms. The molecule has 0 saturated heterocycles. The second-order valence-electron chi connectivity index (χ2n) is 4.11. The molecule has 0 aliphatic rings. The molecular formula is C16H14O4. The number of hydrogen-bond acceptors (Lipinski definition) is 4. The van der Waals surface area contributed by atoms with E-state index in [2.05, 4.69) is 5.92 Å². The Morgan fingerprint density at radius 1 is 1.35 bits per heavy atom. The molecule has 2 rings (SSSR count). The molecule has 2 aromatic rings. The zero-order valence-electron chi connectivity index (χ0n) is 11.3. The van der Waals surface area contributed by atoms with Crippen molar-refractivity contribution in [1.29, 1.82) is 0 Å². The second kappa shape index (κ2) is 6.09. The monoisotopic (exact) mass is 270 g/mol. The number of carbonyl (C=O) groups excluding carboxylic acids is 1. The van der Waals surface area contributed by atoms with E-state index in [-0.39, 0.29) is 6.79 Å². The SMILES string of the molecule is C#Cc1cccc2cc(OCOC)cc(OC(C)=O)c12. The summed E-state index contributed by atoms with van der Waals surface area (Å²) in [4.78, 5) is 11.2. The fraction of sp³-hybridized carbons (Fsp3) is 0.188. The standard InChI is InChI=1S/C16H14O4/c1-4-12-6-5-7-13-8-14(19-10-18-3)9-15(16(12)13)20-11(2)17/h1,5-9H,10H2,2-3H3. The van der Waals surface area contributed by atoms with E-state index in [1.807, 2.05) is 18.2 Å². The molecule has 0 aliphatic carbocycles. The summed E-state index contributed by atoms with van der Waals surface area (Å²) < 4.78 is 15.5. The van der Waals surface area contributed by atoms with Gasteiger partial charge in [-0.3, -0.25) is 4.79 Å². The molecule has 4 heteroatoms. The van der Waals surface area contributed by atoms with Crippen LogP contribution in [0.5, 0.6) is 11.5 Å². The van der Waals surface area contributed by atoms with Crippen molar-refractivity contribution in [2.24, 2.45) is 0 Å². The molecule has 102 valence electrons. The van der Waals surface area contributed by atoms with Gasteiger partial charge in [-0.1, -0.05) is 18.1 Å². The third-order valence-corrected chi connectivity index (χ3v) is 2.67. The van der Waals surface area contributed by atoms with Crippen LogP contribution in [0, 0.1) is 12.3 Å². The molecule has 20 heavy (non-hydrogen) atoms. The van der Waals surface area contributed by atoms with Crippen LogP contribution < -0.4 is 9.47 Å². The van der Waals surface area contributed by atoms with Gasteiger partial charge >= 0.3 is 5.97 Å². The first-order valence-corrected chi connectivity index (χ1v) is 5.99. The molecular weight excluding hydrogens is 256 g/mol. The molecule has 0 N–H and O–H groups in total. The molecule has 4 nitrogen and oxygen atoms in total. The quantitative estimate of drug-likeness (QED) is 0.371. The third-order valence-electron chi connectivity index (χ3n) is 2.67. The molecule has 0 radical (unpaired) electrons. The van der Waals surface area contributed by atoms with Crippen LogP contribution in [0.2, 0.25) is 0 Å². The molecule has 0 aromatic heterocycles. The Morgan fingerprint density at radius 3 is 2.80 bits per heavy atom. The minimum atomic E-state index is -0.415. The van der Waals surface area contributed by atoms with Gasteiger partial charge in [0.15, 0.2) is 6.79 Å². The van der Waals surface area contributed by atoms with Gasteiger partial charge < -0.3 is 14.2 Å². The fourth-order valence-electron chi connectivity index (χ4n) is 1.93. The van der Waals surface area contributed by atoms with E-state index in [0.717, 1.165) is 10.8 Å². The lowest BCUT2D eigenvalue weighted by Crippen LogP contribution is -2.04. The van der Waals surface area contributed by atoms with E-state index in [0.29, 0.717) is 17.1 Å². The van der Waals surface area contributed by atoms with E-state index >= 15 is 0 Å². The third kappa shape index (κ3) is 2.90. The smallest absolute Gasteiger partial charge is 0.308 e. The van der Waals surface area contributed by atoms with Crippen molar-refractivity contribution in [3.8, 4) is 23.8 Å². The van der Waals surface area contributed by atoms with Crippen LogP contribution in [-0.2, 0) is 9.53 Å². The number of rotatable bonds is 4. The summed E-state index contributed by atoms with van der Waals surface area (Å²) in [6.45, 7) is 1.45. The highest BCUT2D eigenvalue weighted by molar-refractivity contribution is 5.96. The van der Waals surface area contributed by atoms with Gasteiger partial charge in [0.05, 0.1) is 0 Å². The Labute approximate surface area is 117 Å². The van der Waals surface area contributed by atoms with Crippen LogP contribution in [0.25, 0.3) is 10.8 Å².